The van der Waals surface area contributed by atoms with Gasteiger partial charge < -0.3 is 15.3 Å². The second-order valence-electron chi connectivity index (χ2n) is 5.78. The molecule has 1 unspecified atom stereocenters. The van der Waals surface area contributed by atoms with Gasteiger partial charge in [-0.2, -0.15) is 0 Å². The van der Waals surface area contributed by atoms with Crippen LogP contribution in [-0.2, 0) is 11.3 Å². The lowest BCUT2D eigenvalue weighted by atomic mass is 9.90. The van der Waals surface area contributed by atoms with E-state index < -0.39 is 11.4 Å². The number of benzene rings is 1. The Labute approximate surface area is 132 Å². The first-order valence-electron chi connectivity index (χ1n) is 6.83. The highest BCUT2D eigenvalue weighted by molar-refractivity contribution is 9.10. The second-order valence-corrected chi connectivity index (χ2v) is 6.63. The number of halogens is 1. The van der Waals surface area contributed by atoms with E-state index in [-0.39, 0.29) is 12.6 Å². The van der Waals surface area contributed by atoms with E-state index in [1.807, 2.05) is 25.1 Å². The fourth-order valence-electron chi connectivity index (χ4n) is 2.42. The molecule has 6 heteroatoms. The zero-order chi connectivity index (χ0) is 15.6. The smallest absolute Gasteiger partial charge is 0.317 e. The Balaban J connectivity index is 1.91. The Hall–Kier alpha value is -1.56. The van der Waals surface area contributed by atoms with Crippen LogP contribution < -0.4 is 5.32 Å². The van der Waals surface area contributed by atoms with Crippen LogP contribution in [0, 0.1) is 12.3 Å². The first-order valence-corrected chi connectivity index (χ1v) is 7.62. The van der Waals surface area contributed by atoms with Crippen LogP contribution in [0.3, 0.4) is 0 Å². The predicted octanol–water partition coefficient (Wildman–Crippen LogP) is 2.76. The number of nitrogens with one attached hydrogen (secondary N) is 1. The number of amides is 2. The second kappa shape index (κ2) is 6.05. The summed E-state index contributed by atoms with van der Waals surface area (Å²) >= 11 is 3.44. The number of aryl methyl sites for hydroxylation is 1. The Morgan fingerprint density at radius 2 is 2.19 bits per heavy atom. The van der Waals surface area contributed by atoms with E-state index in [4.69, 9.17) is 0 Å². The first-order chi connectivity index (χ1) is 9.82. The third kappa shape index (κ3) is 3.56. The summed E-state index contributed by atoms with van der Waals surface area (Å²) in [6, 6.07) is 5.70. The van der Waals surface area contributed by atoms with Gasteiger partial charge in [0, 0.05) is 24.1 Å². The third-order valence-corrected chi connectivity index (χ3v) is 4.83. The minimum absolute atomic E-state index is 0.208. The van der Waals surface area contributed by atoms with Crippen LogP contribution in [-0.4, -0.2) is 35.1 Å². The van der Waals surface area contributed by atoms with Gasteiger partial charge in [-0.05, 0) is 37.5 Å². The molecule has 1 atom stereocenters. The van der Waals surface area contributed by atoms with Crippen molar-refractivity contribution in [3.05, 3.63) is 33.8 Å². The maximum absolute atomic E-state index is 12.1. The summed E-state index contributed by atoms with van der Waals surface area (Å²) in [6.45, 7) is 4.85. The number of hydrogen-bond acceptors (Lipinski definition) is 2. The highest BCUT2D eigenvalue weighted by Gasteiger charge is 2.42. The molecule has 114 valence electrons. The van der Waals surface area contributed by atoms with Crippen LogP contribution in [0.25, 0.3) is 0 Å². The highest BCUT2D eigenvalue weighted by atomic mass is 79.9. The lowest BCUT2D eigenvalue weighted by Gasteiger charge is -2.20. The van der Waals surface area contributed by atoms with Gasteiger partial charge in [-0.1, -0.05) is 28.1 Å². The number of nitrogens with zero attached hydrogens (tertiary/aromatic N) is 1. The molecule has 1 fully saturated rings. The SMILES string of the molecule is Cc1cc(CNC(=O)N2CCC(C)(C(=O)O)C2)ccc1Br. The maximum Gasteiger partial charge on any atom is 0.317 e. The molecule has 0 saturated carbocycles. The minimum Gasteiger partial charge on any atom is -0.481 e. The molecule has 1 aromatic carbocycles. The van der Waals surface area contributed by atoms with Crippen LogP contribution in [0.5, 0.6) is 0 Å². The molecule has 1 aliphatic heterocycles. The molecule has 0 radical (unpaired) electrons. The first kappa shape index (κ1) is 15.8. The molecule has 2 amide bonds. The molecule has 21 heavy (non-hydrogen) atoms. The molecule has 0 spiro atoms. The van der Waals surface area contributed by atoms with Crippen molar-refractivity contribution in [3.63, 3.8) is 0 Å². The van der Waals surface area contributed by atoms with Crippen molar-refractivity contribution in [2.24, 2.45) is 5.41 Å². The molecule has 1 aliphatic rings. The zero-order valence-electron chi connectivity index (χ0n) is 12.1. The average Bonchev–Trinajstić information content (AvgIpc) is 2.84. The number of carbonyl (C=O) groups is 2. The van der Waals surface area contributed by atoms with E-state index in [9.17, 15) is 14.7 Å². The van der Waals surface area contributed by atoms with Gasteiger partial charge in [-0.25, -0.2) is 4.79 Å². The normalized spacial score (nSPS) is 21.4. The van der Waals surface area contributed by atoms with Crippen molar-refractivity contribution in [2.75, 3.05) is 13.1 Å². The number of carboxylic acids is 1. The van der Waals surface area contributed by atoms with E-state index >= 15 is 0 Å². The molecule has 5 nitrogen and oxygen atoms in total. The maximum atomic E-state index is 12.1. The standard InChI is InChI=1S/C15H19BrN2O3/c1-10-7-11(3-4-12(10)16)8-17-14(21)18-6-5-15(2,9-18)13(19)20/h3-4,7H,5-6,8-9H2,1-2H3,(H,17,21)(H,19,20). The Morgan fingerprint density at radius 1 is 1.48 bits per heavy atom. The number of carboxylic acid groups (broad SMARTS) is 1. The van der Waals surface area contributed by atoms with Gasteiger partial charge in [-0.3, -0.25) is 4.79 Å². The number of aliphatic carboxylic acids is 1. The summed E-state index contributed by atoms with van der Waals surface area (Å²) in [5.41, 5.74) is 1.30. The summed E-state index contributed by atoms with van der Waals surface area (Å²) in [5.74, 6) is -0.846. The lowest BCUT2D eigenvalue weighted by molar-refractivity contribution is -0.146. The zero-order valence-corrected chi connectivity index (χ0v) is 13.7. The summed E-state index contributed by atoms with van der Waals surface area (Å²) in [7, 11) is 0. The van der Waals surface area contributed by atoms with Crippen LogP contribution in [0.15, 0.2) is 22.7 Å². The van der Waals surface area contributed by atoms with E-state index in [1.54, 1.807) is 11.8 Å². The summed E-state index contributed by atoms with van der Waals surface area (Å²) in [5, 5.41) is 12.0. The van der Waals surface area contributed by atoms with Gasteiger partial charge >= 0.3 is 12.0 Å². The predicted molar refractivity (Wildman–Crippen MR) is 83.0 cm³/mol. The Morgan fingerprint density at radius 3 is 2.76 bits per heavy atom. The van der Waals surface area contributed by atoms with Gasteiger partial charge in [0.05, 0.1) is 5.41 Å². The van der Waals surface area contributed by atoms with Crippen molar-refractivity contribution < 1.29 is 14.7 Å². The van der Waals surface area contributed by atoms with E-state index in [2.05, 4.69) is 21.2 Å². The van der Waals surface area contributed by atoms with Crippen molar-refractivity contribution in [3.8, 4) is 0 Å². The third-order valence-electron chi connectivity index (χ3n) is 3.94. The van der Waals surface area contributed by atoms with Crippen molar-refractivity contribution >= 4 is 27.9 Å². The topological polar surface area (TPSA) is 69.6 Å². The summed E-state index contributed by atoms with van der Waals surface area (Å²) in [6.07, 6.45) is 0.493. The molecule has 1 aromatic rings. The fourth-order valence-corrected chi connectivity index (χ4v) is 2.66. The Kier molecular flexibility index (Phi) is 4.56. The van der Waals surface area contributed by atoms with E-state index in [1.165, 1.54) is 0 Å². The molecule has 1 heterocycles. The van der Waals surface area contributed by atoms with Gasteiger partial charge in [0.1, 0.15) is 0 Å². The molecular weight excluding hydrogens is 336 g/mol. The van der Waals surface area contributed by atoms with Crippen LogP contribution in [0.1, 0.15) is 24.5 Å². The van der Waals surface area contributed by atoms with Gasteiger partial charge in [0.15, 0.2) is 0 Å². The van der Waals surface area contributed by atoms with Crippen molar-refractivity contribution in [1.82, 2.24) is 10.2 Å². The largest absolute Gasteiger partial charge is 0.481 e. The molecule has 2 rings (SSSR count). The molecule has 0 aromatic heterocycles. The molecule has 1 saturated heterocycles. The molecular formula is C15H19BrN2O3. The number of hydrogen-bond donors (Lipinski definition) is 2. The fraction of sp³-hybridized carbons (Fsp3) is 0.467. The van der Waals surface area contributed by atoms with Crippen molar-refractivity contribution in [2.45, 2.75) is 26.8 Å². The molecule has 2 N–H and O–H groups in total. The van der Waals surface area contributed by atoms with Gasteiger partial charge in [-0.15, -0.1) is 0 Å². The van der Waals surface area contributed by atoms with Crippen LogP contribution >= 0.6 is 15.9 Å². The molecule has 0 bridgehead atoms. The Bertz CT molecular complexity index is 576. The van der Waals surface area contributed by atoms with E-state index in [0.29, 0.717) is 19.5 Å². The van der Waals surface area contributed by atoms with Crippen LogP contribution in [0.4, 0.5) is 4.79 Å². The summed E-state index contributed by atoms with van der Waals surface area (Å²) < 4.78 is 1.04. The summed E-state index contributed by atoms with van der Waals surface area (Å²) in [4.78, 5) is 24.8. The number of carbonyl (C=O) groups excluding carboxylic acids is 1. The molecule has 0 aliphatic carbocycles. The highest BCUT2D eigenvalue weighted by Crippen LogP contribution is 2.30. The van der Waals surface area contributed by atoms with Crippen molar-refractivity contribution in [1.29, 1.82) is 0 Å². The number of likely N-dealkylation sites (tertiary alicyclic amines) is 1. The van der Waals surface area contributed by atoms with E-state index in [0.717, 1.165) is 15.6 Å². The lowest BCUT2D eigenvalue weighted by Crippen LogP contribution is -2.40. The van der Waals surface area contributed by atoms with Gasteiger partial charge in [0.2, 0.25) is 0 Å². The average molecular weight is 355 g/mol. The van der Waals surface area contributed by atoms with Gasteiger partial charge in [0.25, 0.3) is 0 Å². The minimum atomic E-state index is -0.846. The monoisotopic (exact) mass is 354 g/mol. The number of urea groups is 1. The number of rotatable bonds is 3. The quantitative estimate of drug-likeness (QED) is 0.876. The van der Waals surface area contributed by atoms with Crippen LogP contribution in [0.2, 0.25) is 0 Å².